The summed E-state index contributed by atoms with van der Waals surface area (Å²) < 4.78 is 5.32. The molecule has 0 heterocycles. The molecule has 0 aliphatic rings. The summed E-state index contributed by atoms with van der Waals surface area (Å²) in [6.07, 6.45) is 15.8. The maximum atomic E-state index is 12.3. The van der Waals surface area contributed by atoms with Gasteiger partial charge in [-0.05, 0) is 43.9 Å². The van der Waals surface area contributed by atoms with Crippen LogP contribution in [0.1, 0.15) is 114 Å². The van der Waals surface area contributed by atoms with Gasteiger partial charge in [0.05, 0.1) is 6.61 Å². The zero-order valence-electron chi connectivity index (χ0n) is 19.5. The van der Waals surface area contributed by atoms with E-state index in [0.29, 0.717) is 12.2 Å². The molecule has 0 saturated heterocycles. The molecule has 1 N–H and O–H groups in total. The highest BCUT2D eigenvalue weighted by Crippen LogP contribution is 2.11. The highest BCUT2D eigenvalue weighted by molar-refractivity contribution is 5.96. The Hall–Kier alpha value is -1.84. The lowest BCUT2D eigenvalue weighted by atomic mass is 10.1. The molecule has 1 aromatic carbocycles. The van der Waals surface area contributed by atoms with Gasteiger partial charge in [-0.1, -0.05) is 90.2 Å². The third-order valence-corrected chi connectivity index (χ3v) is 5.48. The van der Waals surface area contributed by atoms with Crippen LogP contribution in [-0.2, 0) is 16.0 Å². The third kappa shape index (κ3) is 12.0. The molecule has 0 bridgehead atoms. The van der Waals surface area contributed by atoms with Crippen LogP contribution in [0.25, 0.3) is 0 Å². The van der Waals surface area contributed by atoms with E-state index in [-0.39, 0.29) is 11.9 Å². The number of unbranched alkanes of at least 4 members (excludes halogenated alkanes) is 10. The first kappa shape index (κ1) is 26.2. The number of nitrogens with one attached hydrogen (secondary N) is 1. The predicted octanol–water partition coefficient (Wildman–Crippen LogP) is 6.61. The lowest BCUT2D eigenvalue weighted by Gasteiger charge is -2.13. The number of ether oxygens (including phenoxy) is 1. The fraction of sp³-hybridized carbons (Fsp3) is 0.692. The second-order valence-electron chi connectivity index (χ2n) is 8.35. The number of carbonyl (C=O) groups excluding carboxylic acids is 2. The standard InChI is InChI=1S/C26H43NO3/c1-4-6-8-9-10-11-12-13-14-15-21-30-26(29)22(3)27-25(28)24-19-17-23(18-20-24)16-7-5-2/h17-20,22H,4-16,21H2,1-3H3,(H,27,28). The molecule has 30 heavy (non-hydrogen) atoms. The molecular formula is C26H43NO3. The van der Waals surface area contributed by atoms with Crippen molar-refractivity contribution >= 4 is 11.9 Å². The molecule has 1 atom stereocenters. The van der Waals surface area contributed by atoms with E-state index in [1.54, 1.807) is 6.92 Å². The van der Waals surface area contributed by atoms with E-state index in [2.05, 4.69) is 19.2 Å². The van der Waals surface area contributed by atoms with Gasteiger partial charge in [0.25, 0.3) is 5.91 Å². The number of hydrogen-bond acceptors (Lipinski definition) is 3. The van der Waals surface area contributed by atoms with Gasteiger partial charge in [0, 0.05) is 5.56 Å². The van der Waals surface area contributed by atoms with E-state index in [4.69, 9.17) is 4.74 Å². The molecule has 4 nitrogen and oxygen atoms in total. The smallest absolute Gasteiger partial charge is 0.328 e. The second-order valence-corrected chi connectivity index (χ2v) is 8.35. The first-order valence-corrected chi connectivity index (χ1v) is 12.1. The SMILES string of the molecule is CCCCCCCCCCCCOC(=O)C(C)NC(=O)c1ccc(CCCC)cc1. The van der Waals surface area contributed by atoms with Crippen molar-refractivity contribution < 1.29 is 14.3 Å². The van der Waals surface area contributed by atoms with Crippen LogP contribution < -0.4 is 5.32 Å². The van der Waals surface area contributed by atoms with E-state index in [1.165, 1.54) is 56.9 Å². The Labute approximate surface area is 184 Å². The lowest BCUT2D eigenvalue weighted by molar-refractivity contribution is -0.145. The van der Waals surface area contributed by atoms with E-state index in [0.717, 1.165) is 32.1 Å². The molecule has 0 aliphatic heterocycles. The van der Waals surface area contributed by atoms with E-state index in [1.807, 2.05) is 24.3 Å². The molecule has 0 fully saturated rings. The molecule has 1 amide bonds. The topological polar surface area (TPSA) is 55.4 Å². The zero-order valence-corrected chi connectivity index (χ0v) is 19.5. The Balaban J connectivity index is 2.12. The van der Waals surface area contributed by atoms with Gasteiger partial charge in [-0.2, -0.15) is 0 Å². The normalized spacial score (nSPS) is 11.8. The van der Waals surface area contributed by atoms with Crippen molar-refractivity contribution in [2.24, 2.45) is 0 Å². The van der Waals surface area contributed by atoms with Crippen molar-refractivity contribution in [1.82, 2.24) is 5.32 Å². The maximum Gasteiger partial charge on any atom is 0.328 e. The van der Waals surface area contributed by atoms with E-state index >= 15 is 0 Å². The zero-order chi connectivity index (χ0) is 22.0. The lowest BCUT2D eigenvalue weighted by Crippen LogP contribution is -2.39. The van der Waals surface area contributed by atoms with Crippen LogP contribution in [-0.4, -0.2) is 24.5 Å². The van der Waals surface area contributed by atoms with Crippen molar-refractivity contribution in [2.45, 2.75) is 110 Å². The quantitative estimate of drug-likeness (QED) is 0.229. The van der Waals surface area contributed by atoms with Gasteiger partial charge in [-0.3, -0.25) is 4.79 Å². The maximum absolute atomic E-state index is 12.3. The van der Waals surface area contributed by atoms with Crippen molar-refractivity contribution in [3.63, 3.8) is 0 Å². The van der Waals surface area contributed by atoms with Gasteiger partial charge >= 0.3 is 5.97 Å². The summed E-state index contributed by atoms with van der Waals surface area (Å²) in [5.41, 5.74) is 1.81. The number of carbonyl (C=O) groups is 2. The second kappa shape index (κ2) is 16.9. The summed E-state index contributed by atoms with van der Waals surface area (Å²) in [6.45, 7) is 6.52. The summed E-state index contributed by atoms with van der Waals surface area (Å²) >= 11 is 0. The predicted molar refractivity (Wildman–Crippen MR) is 125 cm³/mol. The van der Waals surface area contributed by atoms with E-state index in [9.17, 15) is 9.59 Å². The molecule has 0 aromatic heterocycles. The molecule has 0 saturated carbocycles. The Bertz CT molecular complexity index is 582. The minimum Gasteiger partial charge on any atom is -0.464 e. The van der Waals surface area contributed by atoms with Gasteiger partial charge in [-0.25, -0.2) is 4.79 Å². The van der Waals surface area contributed by atoms with Crippen molar-refractivity contribution in [1.29, 1.82) is 0 Å². The first-order chi connectivity index (χ1) is 14.6. The Morgan fingerprint density at radius 2 is 1.33 bits per heavy atom. The third-order valence-electron chi connectivity index (χ3n) is 5.48. The molecule has 0 aliphatic carbocycles. The van der Waals surface area contributed by atoms with Gasteiger partial charge < -0.3 is 10.1 Å². The minimum absolute atomic E-state index is 0.236. The molecule has 0 radical (unpaired) electrons. The molecule has 0 spiro atoms. The highest BCUT2D eigenvalue weighted by Gasteiger charge is 2.17. The Morgan fingerprint density at radius 1 is 0.800 bits per heavy atom. The minimum atomic E-state index is -0.639. The van der Waals surface area contributed by atoms with Crippen LogP contribution in [0, 0.1) is 0 Å². The fourth-order valence-electron chi connectivity index (χ4n) is 3.43. The van der Waals surface area contributed by atoms with Crippen LogP contribution in [0.4, 0.5) is 0 Å². The van der Waals surface area contributed by atoms with E-state index < -0.39 is 6.04 Å². The summed E-state index contributed by atoms with van der Waals surface area (Å²) in [7, 11) is 0. The number of benzene rings is 1. The van der Waals surface area contributed by atoms with Crippen LogP contribution >= 0.6 is 0 Å². The molecular weight excluding hydrogens is 374 g/mol. The molecule has 4 heteroatoms. The van der Waals surface area contributed by atoms with Gasteiger partial charge in [-0.15, -0.1) is 0 Å². The Kier molecular flexibility index (Phi) is 14.8. The summed E-state index contributed by atoms with van der Waals surface area (Å²) in [4.78, 5) is 24.4. The van der Waals surface area contributed by atoms with Crippen molar-refractivity contribution in [3.8, 4) is 0 Å². The number of aryl methyl sites for hydroxylation is 1. The van der Waals surface area contributed by atoms with Crippen LogP contribution in [0.5, 0.6) is 0 Å². The largest absolute Gasteiger partial charge is 0.464 e. The van der Waals surface area contributed by atoms with Crippen molar-refractivity contribution in [2.75, 3.05) is 6.61 Å². The number of rotatable bonds is 17. The molecule has 170 valence electrons. The monoisotopic (exact) mass is 417 g/mol. The number of amides is 1. The molecule has 1 rings (SSSR count). The van der Waals surface area contributed by atoms with Crippen LogP contribution in [0.15, 0.2) is 24.3 Å². The Morgan fingerprint density at radius 3 is 1.90 bits per heavy atom. The van der Waals surface area contributed by atoms with Gasteiger partial charge in [0.2, 0.25) is 0 Å². The van der Waals surface area contributed by atoms with Gasteiger partial charge in [0.1, 0.15) is 6.04 Å². The van der Waals surface area contributed by atoms with Crippen LogP contribution in [0.3, 0.4) is 0 Å². The fourth-order valence-corrected chi connectivity index (χ4v) is 3.43. The van der Waals surface area contributed by atoms with Crippen LogP contribution in [0.2, 0.25) is 0 Å². The number of esters is 1. The molecule has 1 aromatic rings. The van der Waals surface area contributed by atoms with Crippen molar-refractivity contribution in [3.05, 3.63) is 35.4 Å². The van der Waals surface area contributed by atoms with Gasteiger partial charge in [0.15, 0.2) is 0 Å². The molecule has 1 unspecified atom stereocenters. The number of hydrogen-bond donors (Lipinski definition) is 1. The highest BCUT2D eigenvalue weighted by atomic mass is 16.5. The summed E-state index contributed by atoms with van der Waals surface area (Å²) in [5, 5.41) is 2.73. The summed E-state index contributed by atoms with van der Waals surface area (Å²) in [6, 6.07) is 6.97. The summed E-state index contributed by atoms with van der Waals surface area (Å²) in [5.74, 6) is -0.598. The average molecular weight is 418 g/mol. The first-order valence-electron chi connectivity index (χ1n) is 12.1. The average Bonchev–Trinajstić information content (AvgIpc) is 2.76.